The SMILES string of the molecule is CC[C@@H](c1cccc(OC(=O)Cc2cccc(Nc3c(Cl)cccc3Cl)c2)c1)[C@@H](C)CN(C)C. The van der Waals surface area contributed by atoms with Crippen molar-refractivity contribution in [2.75, 3.05) is 26.0 Å². The van der Waals surface area contributed by atoms with Crippen molar-refractivity contribution < 1.29 is 9.53 Å². The third-order valence-electron chi connectivity index (χ3n) is 5.81. The van der Waals surface area contributed by atoms with E-state index in [1.165, 1.54) is 5.56 Å². The molecule has 0 amide bonds. The van der Waals surface area contributed by atoms with Crippen LogP contribution in [0.25, 0.3) is 0 Å². The molecule has 34 heavy (non-hydrogen) atoms. The third kappa shape index (κ3) is 7.23. The van der Waals surface area contributed by atoms with Crippen molar-refractivity contribution in [1.29, 1.82) is 0 Å². The molecule has 4 nitrogen and oxygen atoms in total. The lowest BCUT2D eigenvalue weighted by Gasteiger charge is -2.26. The number of para-hydroxylation sites is 1. The van der Waals surface area contributed by atoms with Crippen LogP contribution in [-0.2, 0) is 11.2 Å². The van der Waals surface area contributed by atoms with E-state index in [1.54, 1.807) is 18.2 Å². The number of carbonyl (C=O) groups excluding carboxylic acids is 1. The first kappa shape index (κ1) is 26.1. The molecule has 0 radical (unpaired) electrons. The summed E-state index contributed by atoms with van der Waals surface area (Å²) in [5, 5.41) is 4.29. The van der Waals surface area contributed by atoms with Crippen LogP contribution in [0.4, 0.5) is 11.4 Å². The van der Waals surface area contributed by atoms with Crippen molar-refractivity contribution in [2.24, 2.45) is 5.92 Å². The minimum atomic E-state index is -0.306. The Labute approximate surface area is 212 Å². The second kappa shape index (κ2) is 12.3. The van der Waals surface area contributed by atoms with E-state index < -0.39 is 0 Å². The van der Waals surface area contributed by atoms with Crippen molar-refractivity contribution in [3.8, 4) is 5.75 Å². The van der Waals surface area contributed by atoms with Gasteiger partial charge in [-0.15, -0.1) is 0 Å². The molecule has 0 saturated heterocycles. The van der Waals surface area contributed by atoms with Gasteiger partial charge in [0.1, 0.15) is 5.75 Å². The zero-order valence-electron chi connectivity index (χ0n) is 20.1. The molecule has 0 bridgehead atoms. The number of halogens is 2. The summed E-state index contributed by atoms with van der Waals surface area (Å²) in [6, 6.07) is 20.8. The van der Waals surface area contributed by atoms with Crippen molar-refractivity contribution in [3.63, 3.8) is 0 Å². The Kier molecular flexibility index (Phi) is 9.40. The molecule has 0 aliphatic heterocycles. The summed E-state index contributed by atoms with van der Waals surface area (Å²) >= 11 is 12.5. The minimum absolute atomic E-state index is 0.157. The van der Waals surface area contributed by atoms with Gasteiger partial charge in [0.05, 0.1) is 22.2 Å². The van der Waals surface area contributed by atoms with Gasteiger partial charge in [-0.3, -0.25) is 4.79 Å². The highest BCUT2D eigenvalue weighted by Gasteiger charge is 2.19. The number of rotatable bonds is 10. The Balaban J connectivity index is 1.67. The zero-order valence-corrected chi connectivity index (χ0v) is 21.7. The zero-order chi connectivity index (χ0) is 24.7. The van der Waals surface area contributed by atoms with Crippen molar-refractivity contribution >= 4 is 40.5 Å². The highest BCUT2D eigenvalue weighted by molar-refractivity contribution is 6.39. The monoisotopic (exact) mass is 498 g/mol. The van der Waals surface area contributed by atoms with Crippen LogP contribution in [0, 0.1) is 5.92 Å². The van der Waals surface area contributed by atoms with Gasteiger partial charge in [0, 0.05) is 12.2 Å². The average Bonchev–Trinajstić information content (AvgIpc) is 2.77. The van der Waals surface area contributed by atoms with Gasteiger partial charge >= 0.3 is 5.97 Å². The van der Waals surface area contributed by atoms with Crippen molar-refractivity contribution in [1.82, 2.24) is 4.90 Å². The molecule has 3 rings (SSSR count). The van der Waals surface area contributed by atoms with Gasteiger partial charge in [-0.2, -0.15) is 0 Å². The molecule has 0 aliphatic carbocycles. The fourth-order valence-corrected chi connectivity index (χ4v) is 4.83. The van der Waals surface area contributed by atoms with Gasteiger partial charge in [0.25, 0.3) is 0 Å². The normalized spacial score (nSPS) is 12.9. The van der Waals surface area contributed by atoms with Gasteiger partial charge in [-0.25, -0.2) is 0 Å². The van der Waals surface area contributed by atoms with E-state index in [0.29, 0.717) is 33.3 Å². The third-order valence-corrected chi connectivity index (χ3v) is 6.44. The van der Waals surface area contributed by atoms with Crippen LogP contribution >= 0.6 is 23.2 Å². The predicted octanol–water partition coefficient (Wildman–Crippen LogP) is 7.58. The summed E-state index contributed by atoms with van der Waals surface area (Å²) < 4.78 is 5.70. The maximum atomic E-state index is 12.7. The first-order chi connectivity index (χ1) is 16.3. The van der Waals surface area contributed by atoms with Crippen LogP contribution in [0.5, 0.6) is 5.75 Å². The number of nitrogens with zero attached hydrogens (tertiary/aromatic N) is 1. The van der Waals surface area contributed by atoms with E-state index in [-0.39, 0.29) is 12.4 Å². The maximum Gasteiger partial charge on any atom is 0.315 e. The number of hydrogen-bond acceptors (Lipinski definition) is 4. The van der Waals surface area contributed by atoms with Gasteiger partial charge < -0.3 is 15.0 Å². The first-order valence-corrected chi connectivity index (χ1v) is 12.3. The first-order valence-electron chi connectivity index (χ1n) is 11.5. The summed E-state index contributed by atoms with van der Waals surface area (Å²) in [5.41, 5.74) is 3.46. The predicted molar refractivity (Wildman–Crippen MR) is 143 cm³/mol. The van der Waals surface area contributed by atoms with Crippen molar-refractivity contribution in [2.45, 2.75) is 32.6 Å². The molecule has 0 aromatic heterocycles. The van der Waals surface area contributed by atoms with Gasteiger partial charge in [-0.05, 0) is 79.9 Å². The molecule has 0 unspecified atom stereocenters. The molecule has 0 spiro atoms. The van der Waals surface area contributed by atoms with Crippen LogP contribution < -0.4 is 10.1 Å². The molecule has 2 atom stereocenters. The average molecular weight is 499 g/mol. The van der Waals surface area contributed by atoms with Gasteiger partial charge in [0.15, 0.2) is 0 Å². The highest BCUT2D eigenvalue weighted by atomic mass is 35.5. The molecule has 3 aromatic rings. The summed E-state index contributed by atoms with van der Waals surface area (Å²) in [6.45, 7) is 5.47. The molecule has 6 heteroatoms. The number of hydrogen-bond donors (Lipinski definition) is 1. The second-order valence-corrected chi connectivity index (χ2v) is 9.71. The second-order valence-electron chi connectivity index (χ2n) is 8.90. The summed E-state index contributed by atoms with van der Waals surface area (Å²) in [6.07, 6.45) is 1.19. The van der Waals surface area contributed by atoms with Crippen LogP contribution in [0.3, 0.4) is 0 Å². The number of esters is 1. The molecular weight excluding hydrogens is 467 g/mol. The van der Waals surface area contributed by atoms with E-state index in [2.05, 4.69) is 44.2 Å². The van der Waals surface area contributed by atoms with E-state index in [1.807, 2.05) is 42.5 Å². The standard InChI is InChI=1S/C28H32Cl2N2O2/c1-5-24(19(2)18-32(3)4)21-10-7-12-23(17-21)34-27(33)16-20-9-6-11-22(15-20)31-28-25(29)13-8-14-26(28)30/h6-15,17,19,24,31H,5,16,18H2,1-4H3/t19-,24+/m0/s1. The number of carbonyl (C=O) groups is 1. The van der Waals surface area contributed by atoms with E-state index in [9.17, 15) is 4.79 Å². The molecule has 0 fully saturated rings. The lowest BCUT2D eigenvalue weighted by atomic mass is 9.85. The highest BCUT2D eigenvalue weighted by Crippen LogP contribution is 2.33. The van der Waals surface area contributed by atoms with Crippen LogP contribution in [0.2, 0.25) is 10.0 Å². The Morgan fingerprint density at radius 3 is 2.35 bits per heavy atom. The molecule has 180 valence electrons. The number of ether oxygens (including phenoxy) is 1. The maximum absolute atomic E-state index is 12.7. The smallest absolute Gasteiger partial charge is 0.315 e. The summed E-state index contributed by atoms with van der Waals surface area (Å²) in [5.74, 6) is 1.17. The summed E-state index contributed by atoms with van der Waals surface area (Å²) in [4.78, 5) is 14.9. The van der Waals surface area contributed by atoms with Crippen molar-refractivity contribution in [3.05, 3.63) is 87.9 Å². The van der Waals surface area contributed by atoms with Crippen LogP contribution in [-0.4, -0.2) is 31.5 Å². The Morgan fingerprint density at radius 1 is 1.00 bits per heavy atom. The molecule has 0 heterocycles. The van der Waals surface area contributed by atoms with Crippen LogP contribution in [0.15, 0.2) is 66.7 Å². The molecule has 3 aromatic carbocycles. The fourth-order valence-electron chi connectivity index (χ4n) is 4.33. The van der Waals surface area contributed by atoms with Gasteiger partial charge in [0.2, 0.25) is 0 Å². The van der Waals surface area contributed by atoms with E-state index in [4.69, 9.17) is 27.9 Å². The Hall–Kier alpha value is -2.53. The Morgan fingerprint density at radius 2 is 1.68 bits per heavy atom. The largest absolute Gasteiger partial charge is 0.426 e. The van der Waals surface area contributed by atoms with E-state index in [0.717, 1.165) is 24.2 Å². The number of benzene rings is 3. The lowest BCUT2D eigenvalue weighted by molar-refractivity contribution is -0.133. The fraction of sp³-hybridized carbons (Fsp3) is 0.321. The topological polar surface area (TPSA) is 41.6 Å². The van der Waals surface area contributed by atoms with E-state index >= 15 is 0 Å². The Bertz CT molecular complexity index is 1100. The number of anilines is 2. The van der Waals surface area contributed by atoms with Crippen LogP contribution in [0.1, 0.15) is 37.3 Å². The lowest BCUT2D eigenvalue weighted by Crippen LogP contribution is -2.24. The summed E-state index contributed by atoms with van der Waals surface area (Å²) in [7, 11) is 4.18. The molecule has 0 saturated carbocycles. The molecule has 1 N–H and O–H groups in total. The molecular formula is C28H32Cl2N2O2. The number of nitrogens with one attached hydrogen (secondary N) is 1. The van der Waals surface area contributed by atoms with Gasteiger partial charge in [-0.1, -0.05) is 67.4 Å². The quantitative estimate of drug-likeness (QED) is 0.231. The molecule has 0 aliphatic rings. The minimum Gasteiger partial charge on any atom is -0.426 e.